The van der Waals surface area contributed by atoms with Crippen LogP contribution in [0.4, 0.5) is 4.79 Å². The Morgan fingerprint density at radius 3 is 2.87 bits per heavy atom. The number of amides is 1. The lowest BCUT2D eigenvalue weighted by Gasteiger charge is -2.24. The maximum absolute atomic E-state index is 11.7. The largest absolute Gasteiger partial charge is 0.441 e. The van der Waals surface area contributed by atoms with Gasteiger partial charge in [0, 0.05) is 6.04 Å². The van der Waals surface area contributed by atoms with E-state index in [4.69, 9.17) is 4.74 Å². The summed E-state index contributed by atoms with van der Waals surface area (Å²) in [4.78, 5) is 13.6. The molecule has 0 aromatic heterocycles. The number of nitrogens with one attached hydrogen (secondary N) is 1. The van der Waals surface area contributed by atoms with Crippen molar-refractivity contribution in [2.75, 3.05) is 19.6 Å². The maximum atomic E-state index is 11.7. The van der Waals surface area contributed by atoms with Crippen LogP contribution >= 0.6 is 0 Å². The van der Waals surface area contributed by atoms with Gasteiger partial charge in [-0.3, -0.25) is 0 Å². The third-order valence-electron chi connectivity index (χ3n) is 3.14. The van der Waals surface area contributed by atoms with Crippen LogP contribution in [0.25, 0.3) is 0 Å². The van der Waals surface area contributed by atoms with Crippen LogP contribution in [0.3, 0.4) is 0 Å². The van der Waals surface area contributed by atoms with Crippen LogP contribution in [-0.4, -0.2) is 42.3 Å². The van der Waals surface area contributed by atoms with Crippen LogP contribution in [0.2, 0.25) is 0 Å². The molecule has 0 aromatic rings. The lowest BCUT2D eigenvalue weighted by atomic mass is 10.1. The first-order chi connectivity index (χ1) is 7.08. The number of ether oxygens (including phenoxy) is 1. The number of cyclic esters (lactones) is 1. The number of hydrogen-bond acceptors (Lipinski definition) is 3. The average molecular weight is 212 g/mol. The number of carbonyl (C=O) groups excluding carboxylic acids is 1. The molecule has 4 nitrogen and oxygen atoms in total. The highest BCUT2D eigenvalue weighted by Gasteiger charge is 2.40. The van der Waals surface area contributed by atoms with Crippen molar-refractivity contribution in [1.82, 2.24) is 10.2 Å². The summed E-state index contributed by atoms with van der Waals surface area (Å²) in [6, 6.07) is 0.370. The Morgan fingerprint density at radius 2 is 2.20 bits per heavy atom. The molecule has 4 heteroatoms. The lowest BCUT2D eigenvalue weighted by molar-refractivity contribution is 0.0852. The monoisotopic (exact) mass is 212 g/mol. The quantitative estimate of drug-likeness (QED) is 0.713. The SMILES string of the molecule is CC1(C)CN(C2CCCNCC2)C(=O)O1. The summed E-state index contributed by atoms with van der Waals surface area (Å²) < 4.78 is 5.32. The first-order valence-electron chi connectivity index (χ1n) is 5.79. The minimum absolute atomic E-state index is 0.132. The van der Waals surface area contributed by atoms with E-state index in [2.05, 4.69) is 5.32 Å². The summed E-state index contributed by atoms with van der Waals surface area (Å²) >= 11 is 0. The molecule has 0 aromatic carbocycles. The second-order valence-electron chi connectivity index (χ2n) is 5.09. The molecule has 15 heavy (non-hydrogen) atoms. The van der Waals surface area contributed by atoms with Crippen LogP contribution < -0.4 is 5.32 Å². The van der Waals surface area contributed by atoms with E-state index >= 15 is 0 Å². The number of carbonyl (C=O) groups is 1. The molecule has 2 heterocycles. The van der Waals surface area contributed by atoms with Gasteiger partial charge in [0.1, 0.15) is 5.60 Å². The lowest BCUT2D eigenvalue weighted by Crippen LogP contribution is -2.38. The van der Waals surface area contributed by atoms with Crippen molar-refractivity contribution in [3.05, 3.63) is 0 Å². The van der Waals surface area contributed by atoms with E-state index in [9.17, 15) is 4.79 Å². The zero-order chi connectivity index (χ0) is 10.9. The fourth-order valence-electron chi connectivity index (χ4n) is 2.39. The predicted molar refractivity (Wildman–Crippen MR) is 57.8 cm³/mol. The average Bonchev–Trinajstić information content (AvgIpc) is 2.41. The van der Waals surface area contributed by atoms with Crippen LogP contribution in [0, 0.1) is 0 Å². The first kappa shape index (κ1) is 10.7. The molecule has 0 aliphatic carbocycles. The van der Waals surface area contributed by atoms with Gasteiger partial charge in [0.05, 0.1) is 6.54 Å². The molecule has 1 unspecified atom stereocenters. The molecule has 0 spiro atoms. The van der Waals surface area contributed by atoms with Gasteiger partial charge in [-0.25, -0.2) is 4.79 Å². The van der Waals surface area contributed by atoms with Crippen LogP contribution in [0.5, 0.6) is 0 Å². The number of rotatable bonds is 1. The van der Waals surface area contributed by atoms with E-state index in [1.165, 1.54) is 0 Å². The summed E-state index contributed by atoms with van der Waals surface area (Å²) in [5, 5.41) is 3.36. The minimum atomic E-state index is -0.309. The molecule has 2 saturated heterocycles. The molecule has 2 aliphatic heterocycles. The highest BCUT2D eigenvalue weighted by Crippen LogP contribution is 2.26. The maximum Gasteiger partial charge on any atom is 0.410 e. The second kappa shape index (κ2) is 4.00. The van der Waals surface area contributed by atoms with Crippen molar-refractivity contribution >= 4 is 6.09 Å². The Bertz CT molecular complexity index is 245. The summed E-state index contributed by atoms with van der Waals surface area (Å²) in [6.07, 6.45) is 3.16. The molecule has 0 radical (unpaired) electrons. The first-order valence-corrected chi connectivity index (χ1v) is 5.79. The van der Waals surface area contributed by atoms with Crippen molar-refractivity contribution in [2.45, 2.75) is 44.8 Å². The minimum Gasteiger partial charge on any atom is -0.441 e. The normalized spacial score (nSPS) is 31.2. The van der Waals surface area contributed by atoms with Crippen molar-refractivity contribution in [3.8, 4) is 0 Å². The second-order valence-corrected chi connectivity index (χ2v) is 5.09. The zero-order valence-electron chi connectivity index (χ0n) is 9.58. The highest BCUT2D eigenvalue weighted by molar-refractivity contribution is 5.71. The molecule has 86 valence electrons. The summed E-state index contributed by atoms with van der Waals surface area (Å²) in [6.45, 7) is 6.76. The summed E-state index contributed by atoms with van der Waals surface area (Å²) in [7, 11) is 0. The van der Waals surface area contributed by atoms with Crippen molar-refractivity contribution in [1.29, 1.82) is 0 Å². The number of hydrogen-bond donors (Lipinski definition) is 1. The van der Waals surface area contributed by atoms with E-state index in [0.717, 1.165) is 38.9 Å². The van der Waals surface area contributed by atoms with Gasteiger partial charge in [-0.1, -0.05) is 0 Å². The van der Waals surface area contributed by atoms with Crippen LogP contribution in [0.1, 0.15) is 33.1 Å². The molecule has 1 amide bonds. The third-order valence-corrected chi connectivity index (χ3v) is 3.14. The standard InChI is InChI=1S/C11H20N2O2/c1-11(2)8-13(10(14)15-11)9-4-3-6-12-7-5-9/h9,12H,3-8H2,1-2H3. The van der Waals surface area contributed by atoms with Gasteiger partial charge < -0.3 is 15.0 Å². The fraction of sp³-hybridized carbons (Fsp3) is 0.909. The van der Waals surface area contributed by atoms with Gasteiger partial charge in [-0.15, -0.1) is 0 Å². The molecule has 0 bridgehead atoms. The Morgan fingerprint density at radius 1 is 1.40 bits per heavy atom. The van der Waals surface area contributed by atoms with E-state index < -0.39 is 0 Å². The molecule has 2 fully saturated rings. The van der Waals surface area contributed by atoms with Gasteiger partial charge >= 0.3 is 6.09 Å². The van der Waals surface area contributed by atoms with Crippen LogP contribution in [-0.2, 0) is 4.74 Å². The van der Waals surface area contributed by atoms with Gasteiger partial charge in [-0.05, 0) is 46.2 Å². The Kier molecular flexibility index (Phi) is 2.87. The Balaban J connectivity index is 2.00. The van der Waals surface area contributed by atoms with E-state index in [1.54, 1.807) is 0 Å². The topological polar surface area (TPSA) is 41.6 Å². The Labute approximate surface area is 91.0 Å². The van der Waals surface area contributed by atoms with Crippen LogP contribution in [0.15, 0.2) is 0 Å². The molecule has 1 N–H and O–H groups in total. The van der Waals surface area contributed by atoms with Gasteiger partial charge in [0.2, 0.25) is 0 Å². The van der Waals surface area contributed by atoms with E-state index in [1.807, 2.05) is 18.7 Å². The smallest absolute Gasteiger partial charge is 0.410 e. The summed E-state index contributed by atoms with van der Waals surface area (Å²) in [5.74, 6) is 0. The van der Waals surface area contributed by atoms with Gasteiger partial charge in [0.25, 0.3) is 0 Å². The molecular weight excluding hydrogens is 192 g/mol. The highest BCUT2D eigenvalue weighted by atomic mass is 16.6. The molecule has 2 aliphatic rings. The van der Waals surface area contributed by atoms with E-state index in [0.29, 0.717) is 6.04 Å². The van der Waals surface area contributed by atoms with Gasteiger partial charge in [-0.2, -0.15) is 0 Å². The predicted octanol–water partition coefficient (Wildman–Crippen LogP) is 1.36. The molecular formula is C11H20N2O2. The van der Waals surface area contributed by atoms with E-state index in [-0.39, 0.29) is 11.7 Å². The Hall–Kier alpha value is -0.770. The summed E-state index contributed by atoms with van der Waals surface area (Å²) in [5.41, 5.74) is -0.309. The molecule has 0 saturated carbocycles. The van der Waals surface area contributed by atoms with Crippen molar-refractivity contribution in [2.24, 2.45) is 0 Å². The zero-order valence-corrected chi connectivity index (χ0v) is 9.58. The molecule has 1 atom stereocenters. The number of nitrogens with zero attached hydrogens (tertiary/aromatic N) is 1. The molecule has 2 rings (SSSR count). The third kappa shape index (κ3) is 2.43. The van der Waals surface area contributed by atoms with Crippen molar-refractivity contribution < 1.29 is 9.53 Å². The fourth-order valence-corrected chi connectivity index (χ4v) is 2.39. The van der Waals surface area contributed by atoms with Crippen molar-refractivity contribution in [3.63, 3.8) is 0 Å². The van der Waals surface area contributed by atoms with Gasteiger partial charge in [0.15, 0.2) is 0 Å².